The molecule has 20 heavy (non-hydrogen) atoms. The number of hydrogen-bond acceptors (Lipinski definition) is 3. The fraction of sp³-hybridized carbons (Fsp3) is 1.00. The Morgan fingerprint density at radius 3 is 2.60 bits per heavy atom. The standard InChI is InChI=1S/C14H25F3N2O/c1-2-12-9-19(7-8-20-11-14(15,16)17)13(10-18-12)5-3-4-6-13/h12,18H,2-11H2,1H3. The highest BCUT2D eigenvalue weighted by molar-refractivity contribution is 5.01. The van der Waals surface area contributed by atoms with Crippen LogP contribution < -0.4 is 5.32 Å². The lowest BCUT2D eigenvalue weighted by molar-refractivity contribution is -0.175. The van der Waals surface area contributed by atoms with E-state index in [1.807, 2.05) is 0 Å². The minimum atomic E-state index is -4.22. The lowest BCUT2D eigenvalue weighted by Crippen LogP contribution is -2.63. The first kappa shape index (κ1) is 16.0. The smallest absolute Gasteiger partial charge is 0.371 e. The maximum atomic E-state index is 12.1. The molecule has 0 radical (unpaired) electrons. The van der Waals surface area contributed by atoms with Crippen molar-refractivity contribution in [3.63, 3.8) is 0 Å². The Kier molecular flexibility index (Phi) is 5.31. The van der Waals surface area contributed by atoms with Gasteiger partial charge in [0, 0.05) is 31.2 Å². The Morgan fingerprint density at radius 1 is 1.30 bits per heavy atom. The van der Waals surface area contributed by atoms with E-state index in [0.29, 0.717) is 12.6 Å². The molecule has 0 bridgehead atoms. The number of hydrogen-bond donors (Lipinski definition) is 1. The molecule has 1 aliphatic carbocycles. The van der Waals surface area contributed by atoms with Crippen LogP contribution in [0.5, 0.6) is 0 Å². The summed E-state index contributed by atoms with van der Waals surface area (Å²) in [6.07, 6.45) is 1.57. The Balaban J connectivity index is 1.84. The van der Waals surface area contributed by atoms with E-state index in [0.717, 1.165) is 32.4 Å². The number of alkyl halides is 3. The summed E-state index contributed by atoms with van der Waals surface area (Å²) in [4.78, 5) is 2.38. The van der Waals surface area contributed by atoms with Gasteiger partial charge < -0.3 is 10.1 Å². The van der Waals surface area contributed by atoms with Crippen molar-refractivity contribution < 1.29 is 17.9 Å². The van der Waals surface area contributed by atoms with Crippen LogP contribution in [0, 0.1) is 0 Å². The SMILES string of the molecule is CCC1CN(CCOCC(F)(F)F)C2(CCCC2)CN1. The van der Waals surface area contributed by atoms with Gasteiger partial charge in [-0.1, -0.05) is 19.8 Å². The fourth-order valence-electron chi connectivity index (χ4n) is 3.46. The molecule has 1 N–H and O–H groups in total. The van der Waals surface area contributed by atoms with E-state index in [2.05, 4.69) is 17.1 Å². The van der Waals surface area contributed by atoms with Gasteiger partial charge in [-0.25, -0.2) is 0 Å². The maximum Gasteiger partial charge on any atom is 0.411 e. The molecule has 1 unspecified atom stereocenters. The van der Waals surface area contributed by atoms with E-state index < -0.39 is 12.8 Å². The van der Waals surface area contributed by atoms with E-state index in [9.17, 15) is 13.2 Å². The van der Waals surface area contributed by atoms with Crippen molar-refractivity contribution in [3.05, 3.63) is 0 Å². The van der Waals surface area contributed by atoms with Crippen LogP contribution in [0.3, 0.4) is 0 Å². The summed E-state index contributed by atoms with van der Waals surface area (Å²) in [7, 11) is 0. The van der Waals surface area contributed by atoms with Crippen LogP contribution in [0.1, 0.15) is 39.0 Å². The van der Waals surface area contributed by atoms with Crippen molar-refractivity contribution >= 4 is 0 Å². The molecule has 2 fully saturated rings. The molecule has 1 spiro atoms. The summed E-state index contributed by atoms with van der Waals surface area (Å²) in [5.74, 6) is 0. The maximum absolute atomic E-state index is 12.1. The highest BCUT2D eigenvalue weighted by Gasteiger charge is 2.42. The highest BCUT2D eigenvalue weighted by Crippen LogP contribution is 2.36. The first-order chi connectivity index (χ1) is 9.45. The number of piperazine rings is 1. The van der Waals surface area contributed by atoms with E-state index >= 15 is 0 Å². The summed E-state index contributed by atoms with van der Waals surface area (Å²) in [6.45, 7) is 3.66. The average molecular weight is 294 g/mol. The van der Waals surface area contributed by atoms with Crippen LogP contribution in [0.2, 0.25) is 0 Å². The van der Waals surface area contributed by atoms with Crippen LogP contribution >= 0.6 is 0 Å². The van der Waals surface area contributed by atoms with Crippen molar-refractivity contribution in [1.29, 1.82) is 0 Å². The van der Waals surface area contributed by atoms with Crippen molar-refractivity contribution in [2.24, 2.45) is 0 Å². The predicted molar refractivity (Wildman–Crippen MR) is 71.7 cm³/mol. The molecule has 0 amide bonds. The Morgan fingerprint density at radius 2 is 2.00 bits per heavy atom. The van der Waals surface area contributed by atoms with Gasteiger partial charge in [0.15, 0.2) is 0 Å². The van der Waals surface area contributed by atoms with Crippen molar-refractivity contribution in [2.75, 3.05) is 32.8 Å². The molecule has 1 aliphatic heterocycles. The van der Waals surface area contributed by atoms with Gasteiger partial charge in [-0.3, -0.25) is 4.90 Å². The van der Waals surface area contributed by atoms with Gasteiger partial charge in [-0.15, -0.1) is 0 Å². The zero-order valence-electron chi connectivity index (χ0n) is 12.1. The fourth-order valence-corrected chi connectivity index (χ4v) is 3.46. The lowest BCUT2D eigenvalue weighted by atomic mass is 9.90. The average Bonchev–Trinajstić information content (AvgIpc) is 2.85. The van der Waals surface area contributed by atoms with Crippen molar-refractivity contribution in [1.82, 2.24) is 10.2 Å². The second-order valence-electron chi connectivity index (χ2n) is 6.03. The van der Waals surface area contributed by atoms with Crippen LogP contribution in [0.15, 0.2) is 0 Å². The second kappa shape index (κ2) is 6.62. The molecule has 1 atom stereocenters. The molecule has 2 rings (SSSR count). The van der Waals surface area contributed by atoms with Crippen LogP contribution in [-0.2, 0) is 4.74 Å². The molecule has 0 aromatic carbocycles. The molecule has 0 aromatic rings. The molecule has 3 nitrogen and oxygen atoms in total. The van der Waals surface area contributed by atoms with Gasteiger partial charge in [-0.2, -0.15) is 13.2 Å². The quantitative estimate of drug-likeness (QED) is 0.789. The minimum absolute atomic E-state index is 0.160. The van der Waals surface area contributed by atoms with Gasteiger partial charge in [0.25, 0.3) is 0 Å². The Labute approximate surface area is 118 Å². The van der Waals surface area contributed by atoms with Gasteiger partial charge in [0.05, 0.1) is 6.61 Å². The van der Waals surface area contributed by atoms with Gasteiger partial charge in [0.2, 0.25) is 0 Å². The molecule has 2 aliphatic rings. The topological polar surface area (TPSA) is 24.5 Å². The third-order valence-electron chi connectivity index (χ3n) is 4.63. The van der Waals surface area contributed by atoms with E-state index in [-0.39, 0.29) is 12.1 Å². The molecule has 1 heterocycles. The number of ether oxygens (including phenoxy) is 1. The van der Waals surface area contributed by atoms with Gasteiger partial charge >= 0.3 is 6.18 Å². The zero-order valence-corrected chi connectivity index (χ0v) is 12.1. The first-order valence-corrected chi connectivity index (χ1v) is 7.58. The largest absolute Gasteiger partial charge is 0.411 e. The number of halogens is 3. The summed E-state index contributed by atoms with van der Waals surface area (Å²) in [5, 5.41) is 3.58. The van der Waals surface area contributed by atoms with E-state index in [4.69, 9.17) is 4.74 Å². The van der Waals surface area contributed by atoms with Crippen LogP contribution in [0.4, 0.5) is 13.2 Å². The molecular formula is C14H25F3N2O. The second-order valence-corrected chi connectivity index (χ2v) is 6.03. The van der Waals surface area contributed by atoms with Gasteiger partial charge in [-0.05, 0) is 19.3 Å². The predicted octanol–water partition coefficient (Wildman–Crippen LogP) is 2.56. The Bertz CT molecular complexity index is 303. The molecule has 0 aromatic heterocycles. The van der Waals surface area contributed by atoms with E-state index in [1.165, 1.54) is 12.8 Å². The van der Waals surface area contributed by atoms with Crippen molar-refractivity contribution in [3.8, 4) is 0 Å². The monoisotopic (exact) mass is 294 g/mol. The highest BCUT2D eigenvalue weighted by atomic mass is 19.4. The summed E-state index contributed by atoms with van der Waals surface area (Å²) in [6, 6.07) is 0.448. The molecule has 1 saturated heterocycles. The number of nitrogens with one attached hydrogen (secondary N) is 1. The number of rotatable bonds is 5. The first-order valence-electron chi connectivity index (χ1n) is 7.58. The van der Waals surface area contributed by atoms with E-state index in [1.54, 1.807) is 0 Å². The van der Waals surface area contributed by atoms with Crippen LogP contribution in [-0.4, -0.2) is 55.5 Å². The minimum Gasteiger partial charge on any atom is -0.371 e. The van der Waals surface area contributed by atoms with Crippen LogP contribution in [0.25, 0.3) is 0 Å². The third-order valence-corrected chi connectivity index (χ3v) is 4.63. The van der Waals surface area contributed by atoms with Crippen molar-refractivity contribution in [2.45, 2.75) is 56.8 Å². The Hall–Kier alpha value is -0.330. The summed E-state index contributed by atoms with van der Waals surface area (Å²) >= 11 is 0. The molecule has 6 heteroatoms. The van der Waals surface area contributed by atoms with Gasteiger partial charge in [0.1, 0.15) is 6.61 Å². The molecule has 1 saturated carbocycles. The number of nitrogens with zero attached hydrogens (tertiary/aromatic N) is 1. The summed E-state index contributed by atoms with van der Waals surface area (Å²) in [5.41, 5.74) is 0.160. The lowest BCUT2D eigenvalue weighted by Gasteiger charge is -2.48. The summed E-state index contributed by atoms with van der Waals surface area (Å²) < 4.78 is 41.0. The molecule has 118 valence electrons. The zero-order chi connectivity index (χ0) is 14.6. The third kappa shape index (κ3) is 4.09. The molecular weight excluding hydrogens is 269 g/mol. The normalized spacial score (nSPS) is 27.3.